The first kappa shape index (κ1) is 61.7. The third-order valence-electron chi connectivity index (χ3n) is 14.5. The molecule has 4 bridgehead atoms. The number of H-pyrrole nitrogens is 2. The lowest BCUT2D eigenvalue weighted by Gasteiger charge is -2.27. The third-order valence-corrected chi connectivity index (χ3v) is 21.8. The van der Waals surface area contributed by atoms with Gasteiger partial charge in [-0.2, -0.15) is 24.7 Å². The van der Waals surface area contributed by atoms with Gasteiger partial charge in [-0.25, -0.2) is 37.7 Å². The van der Waals surface area contributed by atoms with Crippen LogP contribution < -0.4 is 34.1 Å². The van der Waals surface area contributed by atoms with E-state index in [1.807, 2.05) is 0 Å². The molecule has 88 heavy (non-hydrogen) atoms. The van der Waals surface area contributed by atoms with Gasteiger partial charge in [-0.3, -0.25) is 46.7 Å². The Morgan fingerprint density at radius 3 is 2.16 bits per heavy atom. The molecule has 6 saturated heterocycles. The topological polar surface area (TPSA) is 521 Å². The zero-order chi connectivity index (χ0) is 61.9. The van der Waals surface area contributed by atoms with E-state index in [9.17, 15) is 38.5 Å². The fourth-order valence-corrected chi connectivity index (χ4v) is 17.5. The smallest absolute Gasteiger partial charge is 0.396 e. The van der Waals surface area contributed by atoms with Gasteiger partial charge in [0.1, 0.15) is 53.9 Å². The summed E-state index contributed by atoms with van der Waals surface area (Å²) in [7, 11) is -4.75. The number of phosphoric ester groups is 1. The Balaban J connectivity index is 0.000000162. The first-order valence-electron chi connectivity index (χ1n) is 25.8. The molecule has 8 aromatic rings. The van der Waals surface area contributed by atoms with Gasteiger partial charge < -0.3 is 70.5 Å². The highest BCUT2D eigenvalue weighted by Gasteiger charge is 2.54. The summed E-state index contributed by atoms with van der Waals surface area (Å²) in [4.78, 5) is 82.7. The van der Waals surface area contributed by atoms with Gasteiger partial charge >= 0.3 is 28.1 Å². The first-order chi connectivity index (χ1) is 41.8. The number of hydrogen-bond acceptors (Lipinski definition) is 32. The summed E-state index contributed by atoms with van der Waals surface area (Å²) < 4.78 is 111. The lowest BCUT2D eigenvalue weighted by atomic mass is 10.1. The van der Waals surface area contributed by atoms with Crippen molar-refractivity contribution in [1.82, 2.24) is 73.7 Å². The minimum absolute atomic E-state index is 0.0348. The molecule has 6 aliphatic rings. The fraction of sp³-hybridized carbons (Fsp3) is 0.488. The highest BCUT2D eigenvalue weighted by molar-refractivity contribution is 8.44. The molecule has 6 fully saturated rings. The van der Waals surface area contributed by atoms with Crippen molar-refractivity contribution < 1.29 is 83.7 Å². The van der Waals surface area contributed by atoms with Crippen LogP contribution in [-0.4, -0.2) is 180 Å². The molecule has 0 saturated carbocycles. The number of aromatic nitrogens is 15. The van der Waals surface area contributed by atoms with E-state index in [0.717, 1.165) is 18.1 Å². The molecule has 14 heterocycles. The van der Waals surface area contributed by atoms with Gasteiger partial charge in [0, 0.05) is 24.6 Å². The van der Waals surface area contributed by atoms with Crippen LogP contribution in [-0.2, 0) is 83.1 Å². The molecule has 0 amide bonds. The van der Waals surface area contributed by atoms with Crippen LogP contribution in [0.5, 0.6) is 0 Å². The second kappa shape index (κ2) is 23.5. The maximum atomic E-state index is 15.8. The Bertz CT molecular complexity index is 4090. The monoisotopic (exact) mass is 1380 g/mol. The number of ether oxygens (including phenoxy) is 3. The van der Waals surface area contributed by atoms with Crippen LogP contribution in [0, 0.1) is 0 Å². The van der Waals surface area contributed by atoms with E-state index in [1.165, 1.54) is 43.1 Å². The molecule has 0 aromatic carbocycles. The Labute approximate surface area is 509 Å². The number of aliphatic hydroxyl groups excluding tert-OH is 1. The van der Waals surface area contributed by atoms with Gasteiger partial charge in [0.15, 0.2) is 46.0 Å². The van der Waals surface area contributed by atoms with Gasteiger partial charge in [0.2, 0.25) is 11.9 Å². The van der Waals surface area contributed by atoms with Crippen molar-refractivity contribution in [3.63, 3.8) is 0 Å². The van der Waals surface area contributed by atoms with Crippen molar-refractivity contribution in [1.29, 1.82) is 0 Å². The minimum Gasteiger partial charge on any atom is -0.396 e. The van der Waals surface area contributed by atoms with E-state index in [4.69, 9.17) is 96.9 Å². The number of fused-ring (bicyclic) bond motifs is 10. The van der Waals surface area contributed by atoms with E-state index < -0.39 is 150 Å². The number of thioether (sulfide) groups is 1. The minimum atomic E-state index is -4.75. The second-order valence-corrected chi connectivity index (χ2v) is 31.4. The van der Waals surface area contributed by atoms with Crippen molar-refractivity contribution >= 4 is 133 Å². The summed E-state index contributed by atoms with van der Waals surface area (Å²) in [6, 6.07) is 3.17. The largest absolute Gasteiger partial charge is 0.472 e. The summed E-state index contributed by atoms with van der Waals surface area (Å²) in [5.74, 6) is -0.0896. The first-order valence-corrected chi connectivity index (χ1v) is 36.2. The average molecular weight is 1380 g/mol. The number of aromatic amines is 2. The molecule has 472 valence electrons. The number of halogens is 1. The second-order valence-electron chi connectivity index (χ2n) is 20.2. The number of phosphoric acid groups is 1. The zero-order valence-corrected chi connectivity index (χ0v) is 51.2. The number of nitrogens with two attached hydrogens (primary N) is 4. The quantitative estimate of drug-likeness (QED) is 0.0845. The number of nitrogens with one attached hydrogen (secondary N) is 2. The summed E-state index contributed by atoms with van der Waals surface area (Å²) in [6.45, 7) is -14.4. The maximum absolute atomic E-state index is 15.8. The summed E-state index contributed by atoms with van der Waals surface area (Å²) >= 11 is 15.6. The van der Waals surface area contributed by atoms with Crippen LogP contribution in [0.4, 0.5) is 27.8 Å². The average Bonchev–Trinajstić information content (AvgIpc) is 2.42. The molecule has 18 atom stereocenters. The van der Waals surface area contributed by atoms with Gasteiger partial charge in [0.05, 0.1) is 86.3 Å². The fourth-order valence-electron chi connectivity index (χ4n) is 10.6. The molecule has 0 spiro atoms. The molecule has 14 N–H and O–H groups in total. The Hall–Kier alpha value is -5.14. The number of nitrogens with zero attached hydrogens (tertiary/aromatic N) is 13. The maximum Gasteiger partial charge on any atom is 0.472 e. The molecular formula is C41H48FN19O19P4S4. The van der Waals surface area contributed by atoms with Crippen molar-refractivity contribution in [3.8, 4) is 0 Å². The normalized spacial score (nSPS) is 36.6. The van der Waals surface area contributed by atoms with Crippen LogP contribution in [0.2, 0.25) is 0 Å². The predicted octanol–water partition coefficient (Wildman–Crippen LogP) is 0.526. The molecule has 38 nitrogen and oxygen atoms in total. The van der Waals surface area contributed by atoms with Crippen molar-refractivity contribution in [3.05, 3.63) is 75.2 Å². The SMILES string of the molecule is Nc1nc2c(ncn2C2O[C@@H]3COP(O)(=S)O[C@H]4C[C@H](c5cnn6c(N)ccnc56)O[C@@H]4COP(=O)(S)O[C@@H]2[C@@H]3F)c(=O)[nH]1.Nc1nc2c(nnn2[C@@H]2S[C@@H]3COP(=O)(O)O[C@H]4C[C@H](c5cnc6c(N)ccnn56)O[C@@H]4COP(O)(=S)O[C@@H]2[C@@H]3O)c(=O)[nH]1. The molecule has 14 rings (SSSR count). The van der Waals surface area contributed by atoms with Gasteiger partial charge in [-0.05, 0) is 35.7 Å². The molecule has 0 radical (unpaired) electrons. The van der Waals surface area contributed by atoms with E-state index in [-0.39, 0.29) is 47.1 Å². The number of imidazole rings is 2. The number of thiol groups is 1. The highest BCUT2D eigenvalue weighted by atomic mass is 32.7. The number of rotatable bonds is 4. The van der Waals surface area contributed by atoms with E-state index >= 15 is 4.39 Å². The van der Waals surface area contributed by atoms with Crippen LogP contribution in [0.15, 0.2) is 52.8 Å². The lowest BCUT2D eigenvalue weighted by Crippen LogP contribution is -2.35. The van der Waals surface area contributed by atoms with E-state index in [2.05, 4.69) is 67.6 Å². The Morgan fingerprint density at radius 2 is 1.39 bits per heavy atom. The number of alkyl halides is 1. The standard InChI is InChI=1S/C21H24FN9O9P2S2.C20H24N10O10P2S2/c22-14-12-6-36-41(33,43)39-10-3-9(8-4-27-31-13(23)1-2-25-17(8)31)37-11(10)5-35-42(34,44)40-16(14)20(38-12)30-7-26-15-18(30)28-21(24)29-19(15)32;21-7-1-2-24-29-8(4-23-16(7)29)9-3-10-11(38-9)5-37-42(35,43)40-15-14(31)12(6-36-41(33,34)39-10)44-19(15)30-17-13(27-28-30)18(32)26-20(22)25-17/h1-2,4,7,9-12,14,16,20H,3,5-6,23H2,(H,33,43)(H,34,44)(H3,24,28,29,32);1-2,4,9-12,14-15,19,31H,3,5-6,21H2,(H,33,34)(H,35,43)(H3,22,25,26,32)/t9-,10+,11-,12-,14-,16-,20?,41?,42?;9-,10+,11-,12-,14-,15-,19-,42?/m11/s1. The number of aliphatic hydroxyl groups is 1. The molecular weight excluding hydrogens is 1330 g/mol. The van der Waals surface area contributed by atoms with E-state index in [1.54, 1.807) is 12.1 Å². The number of nitrogen functional groups attached to an aromatic ring is 4. The van der Waals surface area contributed by atoms with Crippen LogP contribution in [0.1, 0.15) is 47.9 Å². The van der Waals surface area contributed by atoms with Crippen molar-refractivity contribution in [2.24, 2.45) is 0 Å². The zero-order valence-electron chi connectivity index (χ0n) is 44.2. The summed E-state index contributed by atoms with van der Waals surface area (Å²) in [6.07, 6.45) is -7.13. The van der Waals surface area contributed by atoms with Gasteiger partial charge in [-0.1, -0.05) is 17.5 Å². The van der Waals surface area contributed by atoms with Crippen LogP contribution >= 0.6 is 52.1 Å². The summed E-state index contributed by atoms with van der Waals surface area (Å²) in [5, 5.41) is 25.6. The highest BCUT2D eigenvalue weighted by Crippen LogP contribution is 2.60. The van der Waals surface area contributed by atoms with E-state index in [0.29, 0.717) is 34.1 Å². The molecule has 5 unspecified atom stereocenters. The Kier molecular flexibility index (Phi) is 16.5. The van der Waals surface area contributed by atoms with Crippen LogP contribution in [0.3, 0.4) is 0 Å². The molecule has 6 aliphatic heterocycles. The van der Waals surface area contributed by atoms with Crippen LogP contribution in [0.25, 0.3) is 33.6 Å². The number of anilines is 4. The lowest BCUT2D eigenvalue weighted by molar-refractivity contribution is -0.0534. The van der Waals surface area contributed by atoms with Crippen molar-refractivity contribution in [2.45, 2.75) is 96.9 Å². The van der Waals surface area contributed by atoms with Gasteiger partial charge in [0.25, 0.3) is 11.1 Å². The molecule has 47 heteroatoms. The summed E-state index contributed by atoms with van der Waals surface area (Å²) in [5.41, 5.74) is 24.0. The van der Waals surface area contributed by atoms with Crippen molar-refractivity contribution in [2.75, 3.05) is 49.4 Å². The van der Waals surface area contributed by atoms with Gasteiger partial charge in [-0.15, -0.1) is 16.9 Å². The Morgan fingerprint density at radius 1 is 0.705 bits per heavy atom. The molecule has 0 aliphatic carbocycles. The predicted molar refractivity (Wildman–Crippen MR) is 310 cm³/mol. The molecule has 8 aromatic heterocycles. The number of hydrogen-bond donors (Lipinski definition) is 11. The third kappa shape index (κ3) is 12.1.